The molecule has 0 bridgehead atoms. The molecule has 6 heteroatoms. The molecule has 6 nitrogen and oxygen atoms in total. The van der Waals surface area contributed by atoms with Gasteiger partial charge in [0.1, 0.15) is 17.8 Å². The number of fused-ring (bicyclic) bond motifs is 5. The van der Waals surface area contributed by atoms with Crippen molar-refractivity contribution in [2.45, 2.75) is 31.6 Å². The minimum atomic E-state index is -0.911. The minimum Gasteiger partial charge on any atom is -0.491 e. The fraction of sp³-hybridized carbons (Fsp3) is 0.320. The van der Waals surface area contributed by atoms with E-state index in [1.165, 1.54) is 0 Å². The zero-order valence-corrected chi connectivity index (χ0v) is 17.3. The zero-order chi connectivity index (χ0) is 21.0. The van der Waals surface area contributed by atoms with Crippen LogP contribution in [0.25, 0.3) is 11.1 Å². The molecule has 6 rings (SSSR count). The van der Waals surface area contributed by atoms with Gasteiger partial charge in [-0.05, 0) is 30.2 Å². The number of hydrogen-bond acceptors (Lipinski definition) is 5. The van der Waals surface area contributed by atoms with Gasteiger partial charge in [-0.1, -0.05) is 31.9 Å². The van der Waals surface area contributed by atoms with Crippen molar-refractivity contribution in [1.82, 2.24) is 0 Å². The fourth-order valence-corrected chi connectivity index (χ4v) is 5.08. The Labute approximate surface area is 180 Å². The lowest BCUT2D eigenvalue weighted by molar-refractivity contribution is -0.122. The van der Waals surface area contributed by atoms with E-state index in [0.717, 1.165) is 47.2 Å². The van der Waals surface area contributed by atoms with E-state index in [4.69, 9.17) is 18.6 Å². The molecule has 0 saturated heterocycles. The number of nitrogens with zero attached hydrogens (tertiary/aromatic N) is 1. The Balaban J connectivity index is 1.58. The molecule has 1 amide bonds. The van der Waals surface area contributed by atoms with Crippen molar-refractivity contribution >= 4 is 11.6 Å². The van der Waals surface area contributed by atoms with Crippen LogP contribution in [0.1, 0.15) is 37.3 Å². The lowest BCUT2D eigenvalue weighted by atomic mass is 9.74. The number of amides is 1. The molecule has 3 aliphatic heterocycles. The highest BCUT2D eigenvalue weighted by Crippen LogP contribution is 2.57. The molecule has 4 heterocycles. The van der Waals surface area contributed by atoms with E-state index >= 15 is 0 Å². The van der Waals surface area contributed by atoms with Crippen LogP contribution in [-0.4, -0.2) is 25.9 Å². The SMILES string of the molecule is CCCCCN1C(=O)C2(COc3cc4c(cc32)OCO4)c2c(-c3ccoc3)cccc21. The Morgan fingerprint density at radius 1 is 1.03 bits per heavy atom. The topological polar surface area (TPSA) is 61.1 Å². The molecule has 0 fully saturated rings. The largest absolute Gasteiger partial charge is 0.491 e. The lowest BCUT2D eigenvalue weighted by Gasteiger charge is -2.24. The monoisotopic (exact) mass is 417 g/mol. The molecule has 2 aromatic carbocycles. The van der Waals surface area contributed by atoms with E-state index in [2.05, 4.69) is 13.0 Å². The highest BCUT2D eigenvalue weighted by Gasteiger charge is 2.58. The second-order valence-corrected chi connectivity index (χ2v) is 8.27. The summed E-state index contributed by atoms with van der Waals surface area (Å²) in [5, 5.41) is 0. The van der Waals surface area contributed by atoms with Crippen molar-refractivity contribution in [3.05, 3.63) is 60.1 Å². The molecule has 3 aromatic rings. The van der Waals surface area contributed by atoms with Gasteiger partial charge < -0.3 is 23.5 Å². The number of rotatable bonds is 5. The van der Waals surface area contributed by atoms with Crippen LogP contribution in [-0.2, 0) is 10.2 Å². The van der Waals surface area contributed by atoms with Gasteiger partial charge in [-0.15, -0.1) is 0 Å². The summed E-state index contributed by atoms with van der Waals surface area (Å²) < 4.78 is 22.7. The fourth-order valence-electron chi connectivity index (χ4n) is 5.08. The van der Waals surface area contributed by atoms with Crippen LogP contribution in [0.3, 0.4) is 0 Å². The maximum absolute atomic E-state index is 14.1. The van der Waals surface area contributed by atoms with E-state index in [0.29, 0.717) is 23.8 Å². The number of benzene rings is 2. The van der Waals surface area contributed by atoms with E-state index < -0.39 is 5.41 Å². The van der Waals surface area contributed by atoms with Gasteiger partial charge in [-0.25, -0.2) is 0 Å². The standard InChI is InChI=1S/C25H23NO5/c1-2-3-4-9-26-19-7-5-6-17(16-8-10-28-13-16)23(19)25(24(26)27)14-29-20-12-22-21(11-18(20)25)30-15-31-22/h5-8,10-13H,2-4,9,14-15H2,1H3. The number of carbonyl (C=O) groups excluding carboxylic acids is 1. The first-order valence-electron chi connectivity index (χ1n) is 10.8. The lowest BCUT2D eigenvalue weighted by Crippen LogP contribution is -2.43. The predicted octanol–water partition coefficient (Wildman–Crippen LogP) is 4.89. The van der Waals surface area contributed by atoms with Crippen molar-refractivity contribution in [1.29, 1.82) is 0 Å². The second-order valence-electron chi connectivity index (χ2n) is 8.27. The molecular formula is C25H23NO5. The summed E-state index contributed by atoms with van der Waals surface area (Å²) in [6, 6.07) is 11.8. The van der Waals surface area contributed by atoms with Crippen LogP contribution in [0.2, 0.25) is 0 Å². The average molecular weight is 417 g/mol. The van der Waals surface area contributed by atoms with Crippen molar-refractivity contribution in [3.63, 3.8) is 0 Å². The molecule has 31 heavy (non-hydrogen) atoms. The Hall–Kier alpha value is -3.41. The van der Waals surface area contributed by atoms with E-state index in [1.54, 1.807) is 12.5 Å². The first-order valence-corrected chi connectivity index (χ1v) is 10.8. The molecule has 0 aliphatic carbocycles. The molecule has 0 N–H and O–H groups in total. The molecule has 3 aliphatic rings. The predicted molar refractivity (Wildman–Crippen MR) is 115 cm³/mol. The average Bonchev–Trinajstić information content (AvgIpc) is 3.57. The van der Waals surface area contributed by atoms with Crippen molar-refractivity contribution in [2.75, 3.05) is 24.8 Å². The molecule has 158 valence electrons. The molecule has 1 atom stereocenters. The number of hydrogen-bond donors (Lipinski definition) is 0. The van der Waals surface area contributed by atoms with Crippen molar-refractivity contribution in [3.8, 4) is 28.4 Å². The summed E-state index contributed by atoms with van der Waals surface area (Å²) in [5.74, 6) is 2.06. The van der Waals surface area contributed by atoms with Crippen LogP contribution in [0.4, 0.5) is 5.69 Å². The van der Waals surface area contributed by atoms with E-state index in [-0.39, 0.29) is 19.3 Å². The Bertz CT molecular complexity index is 1170. The number of unbranched alkanes of at least 4 members (excludes halogenated alkanes) is 2. The molecular weight excluding hydrogens is 394 g/mol. The van der Waals surface area contributed by atoms with Crippen molar-refractivity contribution < 1.29 is 23.4 Å². The van der Waals surface area contributed by atoms with E-state index in [9.17, 15) is 4.79 Å². The summed E-state index contributed by atoms with van der Waals surface area (Å²) >= 11 is 0. The first kappa shape index (κ1) is 18.4. The number of carbonyl (C=O) groups is 1. The van der Waals surface area contributed by atoms with Crippen LogP contribution < -0.4 is 19.1 Å². The maximum atomic E-state index is 14.1. The van der Waals surface area contributed by atoms with Gasteiger partial charge in [0.05, 0.1) is 12.5 Å². The Morgan fingerprint density at radius 3 is 2.71 bits per heavy atom. The summed E-state index contributed by atoms with van der Waals surface area (Å²) in [5.41, 5.74) is 3.81. The second kappa shape index (κ2) is 6.80. The van der Waals surface area contributed by atoms with Crippen LogP contribution in [0.5, 0.6) is 17.2 Å². The first-order chi connectivity index (χ1) is 15.2. The summed E-state index contributed by atoms with van der Waals surface area (Å²) in [4.78, 5) is 16.1. The van der Waals surface area contributed by atoms with Gasteiger partial charge in [0.2, 0.25) is 12.7 Å². The Kier molecular flexibility index (Phi) is 4.03. The molecule has 1 aromatic heterocycles. The van der Waals surface area contributed by atoms with Crippen molar-refractivity contribution in [2.24, 2.45) is 0 Å². The summed E-state index contributed by atoms with van der Waals surface area (Å²) in [7, 11) is 0. The van der Waals surface area contributed by atoms with Gasteiger partial charge in [0.25, 0.3) is 0 Å². The molecule has 0 radical (unpaired) electrons. The number of ether oxygens (including phenoxy) is 3. The highest BCUT2D eigenvalue weighted by molar-refractivity contribution is 6.13. The minimum absolute atomic E-state index is 0.0622. The third kappa shape index (κ3) is 2.48. The van der Waals surface area contributed by atoms with Crippen LogP contribution in [0, 0.1) is 0 Å². The van der Waals surface area contributed by atoms with Crippen LogP contribution >= 0.6 is 0 Å². The van der Waals surface area contributed by atoms with Gasteiger partial charge in [-0.2, -0.15) is 0 Å². The maximum Gasteiger partial charge on any atom is 0.245 e. The zero-order valence-electron chi connectivity index (χ0n) is 17.3. The normalized spacial score (nSPS) is 20.3. The number of furan rings is 1. The summed E-state index contributed by atoms with van der Waals surface area (Å²) in [6.45, 7) is 3.30. The smallest absolute Gasteiger partial charge is 0.245 e. The third-order valence-electron chi connectivity index (χ3n) is 6.57. The Morgan fingerprint density at radius 2 is 1.90 bits per heavy atom. The molecule has 1 spiro atoms. The molecule has 1 unspecified atom stereocenters. The van der Waals surface area contributed by atoms with Crippen LogP contribution in [0.15, 0.2) is 53.3 Å². The molecule has 0 saturated carbocycles. The van der Waals surface area contributed by atoms with Gasteiger partial charge in [0.15, 0.2) is 11.5 Å². The van der Waals surface area contributed by atoms with Gasteiger partial charge >= 0.3 is 0 Å². The van der Waals surface area contributed by atoms with Gasteiger partial charge in [-0.3, -0.25) is 4.79 Å². The third-order valence-corrected chi connectivity index (χ3v) is 6.57. The van der Waals surface area contributed by atoms with E-state index in [1.807, 2.05) is 35.2 Å². The number of anilines is 1. The highest BCUT2D eigenvalue weighted by atomic mass is 16.7. The summed E-state index contributed by atoms with van der Waals surface area (Å²) in [6.07, 6.45) is 6.53. The quantitative estimate of drug-likeness (QED) is 0.553. The van der Waals surface area contributed by atoms with Gasteiger partial charge in [0, 0.05) is 35.0 Å².